The average molecular weight is 270 g/mol. The van der Waals surface area contributed by atoms with Crippen LogP contribution in [0, 0.1) is 0 Å². The van der Waals surface area contributed by atoms with Crippen LogP contribution in [0.25, 0.3) is 0 Å². The van der Waals surface area contributed by atoms with Crippen molar-refractivity contribution >= 4 is 6.01 Å². The first kappa shape index (κ1) is 15.9. The lowest BCUT2D eigenvalue weighted by atomic mass is 10.1. The minimum absolute atomic E-state index is 0.0155. The summed E-state index contributed by atoms with van der Waals surface area (Å²) < 4.78 is 5.62. The molecule has 19 heavy (non-hydrogen) atoms. The molecule has 0 atom stereocenters. The van der Waals surface area contributed by atoms with Gasteiger partial charge in [-0.1, -0.05) is 18.4 Å². The molecule has 0 aliphatic heterocycles. The molecule has 0 spiro atoms. The lowest BCUT2D eigenvalue weighted by molar-refractivity contribution is 0.297. The topological polar surface area (TPSA) is 74.4 Å². The first-order chi connectivity index (χ1) is 8.96. The van der Waals surface area contributed by atoms with E-state index in [4.69, 9.17) is 9.52 Å². The number of unbranched alkanes of at least 4 members (excludes halogenated alkanes) is 1. The van der Waals surface area contributed by atoms with Crippen molar-refractivity contribution in [3.63, 3.8) is 0 Å². The van der Waals surface area contributed by atoms with Gasteiger partial charge >= 0.3 is 6.01 Å². The largest absolute Gasteiger partial charge is 0.407 e. The van der Waals surface area contributed by atoms with Gasteiger partial charge in [-0.05, 0) is 27.2 Å². The third kappa shape index (κ3) is 6.02. The van der Waals surface area contributed by atoms with Gasteiger partial charge in [-0.2, -0.15) is 0 Å². The van der Waals surface area contributed by atoms with Crippen molar-refractivity contribution in [2.24, 2.45) is 0 Å². The molecule has 0 aliphatic rings. The fourth-order valence-electron chi connectivity index (χ4n) is 1.56. The van der Waals surface area contributed by atoms with Crippen molar-refractivity contribution in [1.29, 1.82) is 0 Å². The molecule has 1 aromatic rings. The third-order valence-corrected chi connectivity index (χ3v) is 2.65. The molecule has 6 heteroatoms. The molecule has 0 unspecified atom stereocenters. The number of nitrogens with one attached hydrogen (secondary N) is 1. The second-order valence-electron chi connectivity index (χ2n) is 5.65. The standard InChI is InChI=1S/C13H26N4O2/c1-5-6-7-17(8-9-18)12-16-15-11(19-12)10-14-13(2,3)4/h14,18H,5-10H2,1-4H3. The molecule has 0 amide bonds. The van der Waals surface area contributed by atoms with Crippen LogP contribution in [-0.2, 0) is 6.54 Å². The SMILES string of the molecule is CCCCN(CCO)c1nnc(CNC(C)(C)C)o1. The lowest BCUT2D eigenvalue weighted by Crippen LogP contribution is -2.35. The molecule has 0 bridgehead atoms. The molecule has 0 fully saturated rings. The number of aromatic nitrogens is 2. The predicted octanol–water partition coefficient (Wildman–Crippen LogP) is 1.56. The highest BCUT2D eigenvalue weighted by atomic mass is 16.4. The van der Waals surface area contributed by atoms with Crippen molar-refractivity contribution in [1.82, 2.24) is 15.5 Å². The van der Waals surface area contributed by atoms with Gasteiger partial charge in [-0.15, -0.1) is 5.10 Å². The maximum atomic E-state index is 9.07. The molecule has 2 N–H and O–H groups in total. The second-order valence-corrected chi connectivity index (χ2v) is 5.65. The van der Waals surface area contributed by atoms with Gasteiger partial charge in [0, 0.05) is 18.6 Å². The summed E-state index contributed by atoms with van der Waals surface area (Å²) >= 11 is 0. The Bertz CT molecular complexity index is 360. The van der Waals surface area contributed by atoms with Crippen LogP contribution in [0.3, 0.4) is 0 Å². The van der Waals surface area contributed by atoms with Gasteiger partial charge in [-0.3, -0.25) is 0 Å². The van der Waals surface area contributed by atoms with Crippen LogP contribution in [0.5, 0.6) is 0 Å². The van der Waals surface area contributed by atoms with Crippen molar-refractivity contribution in [3.05, 3.63) is 5.89 Å². The van der Waals surface area contributed by atoms with Crippen molar-refractivity contribution in [3.8, 4) is 0 Å². The van der Waals surface area contributed by atoms with Gasteiger partial charge < -0.3 is 19.7 Å². The molecule has 1 rings (SSSR count). The summed E-state index contributed by atoms with van der Waals surface area (Å²) in [5.74, 6) is 0.573. The van der Waals surface area contributed by atoms with E-state index in [-0.39, 0.29) is 12.1 Å². The van der Waals surface area contributed by atoms with Gasteiger partial charge in [-0.25, -0.2) is 0 Å². The van der Waals surface area contributed by atoms with Crippen molar-refractivity contribution < 1.29 is 9.52 Å². The molecule has 0 radical (unpaired) electrons. The van der Waals surface area contributed by atoms with Crippen molar-refractivity contribution in [2.75, 3.05) is 24.6 Å². The fourth-order valence-corrected chi connectivity index (χ4v) is 1.56. The molecular formula is C13H26N4O2. The molecule has 0 saturated heterocycles. The Kier molecular flexibility index (Phi) is 6.24. The Labute approximate surface area is 115 Å². The van der Waals surface area contributed by atoms with Gasteiger partial charge in [0.1, 0.15) is 0 Å². The van der Waals surface area contributed by atoms with E-state index in [9.17, 15) is 0 Å². The van der Waals surface area contributed by atoms with Gasteiger partial charge in [0.2, 0.25) is 5.89 Å². The quantitative estimate of drug-likeness (QED) is 0.746. The first-order valence-electron chi connectivity index (χ1n) is 6.89. The number of hydrogen-bond donors (Lipinski definition) is 2. The van der Waals surface area contributed by atoms with Crippen LogP contribution in [0.1, 0.15) is 46.4 Å². The lowest BCUT2D eigenvalue weighted by Gasteiger charge is -2.19. The monoisotopic (exact) mass is 270 g/mol. The normalized spacial score (nSPS) is 11.8. The minimum atomic E-state index is 0.0155. The van der Waals surface area contributed by atoms with Crippen molar-refractivity contribution in [2.45, 2.75) is 52.6 Å². The molecule has 6 nitrogen and oxygen atoms in total. The summed E-state index contributed by atoms with van der Waals surface area (Å²) in [7, 11) is 0. The van der Waals surface area contributed by atoms with E-state index in [1.165, 1.54) is 0 Å². The predicted molar refractivity (Wildman–Crippen MR) is 75.1 cm³/mol. The van der Waals surface area contributed by atoms with Crippen LogP contribution in [-0.4, -0.2) is 40.5 Å². The number of aliphatic hydroxyl groups is 1. The molecule has 1 heterocycles. The Morgan fingerprint density at radius 1 is 1.26 bits per heavy atom. The van der Waals surface area contributed by atoms with Crippen LogP contribution in [0.15, 0.2) is 4.42 Å². The third-order valence-electron chi connectivity index (χ3n) is 2.65. The van der Waals surface area contributed by atoms with Gasteiger partial charge in [0.05, 0.1) is 13.2 Å². The number of anilines is 1. The van der Waals surface area contributed by atoms with Gasteiger partial charge in [0.15, 0.2) is 0 Å². The van der Waals surface area contributed by atoms with E-state index in [2.05, 4.69) is 43.2 Å². The van der Waals surface area contributed by atoms with E-state index >= 15 is 0 Å². The smallest absolute Gasteiger partial charge is 0.318 e. The van der Waals surface area contributed by atoms with Crippen LogP contribution in [0.2, 0.25) is 0 Å². The minimum Gasteiger partial charge on any atom is -0.407 e. The Morgan fingerprint density at radius 2 is 2.00 bits per heavy atom. The van der Waals surface area contributed by atoms with E-state index in [1.54, 1.807) is 0 Å². The summed E-state index contributed by atoms with van der Waals surface area (Å²) in [5.41, 5.74) is 0.0155. The molecule has 1 aromatic heterocycles. The molecule has 0 aromatic carbocycles. The highest BCUT2D eigenvalue weighted by Crippen LogP contribution is 2.13. The number of aliphatic hydroxyl groups excluding tert-OH is 1. The molecule has 110 valence electrons. The molecule has 0 aliphatic carbocycles. The van der Waals surface area contributed by atoms with Gasteiger partial charge in [0.25, 0.3) is 0 Å². The Morgan fingerprint density at radius 3 is 2.58 bits per heavy atom. The average Bonchev–Trinajstić information content (AvgIpc) is 2.80. The fraction of sp³-hybridized carbons (Fsp3) is 0.846. The zero-order valence-corrected chi connectivity index (χ0v) is 12.4. The van der Waals surface area contributed by atoms with Crippen LogP contribution < -0.4 is 10.2 Å². The van der Waals surface area contributed by atoms with Crippen LogP contribution in [0.4, 0.5) is 6.01 Å². The first-order valence-corrected chi connectivity index (χ1v) is 6.89. The maximum absolute atomic E-state index is 9.07. The maximum Gasteiger partial charge on any atom is 0.318 e. The summed E-state index contributed by atoms with van der Waals surface area (Å²) in [4.78, 5) is 1.93. The second kappa shape index (κ2) is 7.45. The number of hydrogen-bond acceptors (Lipinski definition) is 6. The number of rotatable bonds is 8. The number of nitrogens with zero attached hydrogens (tertiary/aromatic N) is 3. The summed E-state index contributed by atoms with van der Waals surface area (Å²) in [6.45, 7) is 10.4. The highest BCUT2D eigenvalue weighted by Gasteiger charge is 2.15. The van der Waals surface area contributed by atoms with E-state index in [0.29, 0.717) is 25.0 Å². The molecular weight excluding hydrogens is 244 g/mol. The molecule has 0 saturated carbocycles. The summed E-state index contributed by atoms with van der Waals surface area (Å²) in [6, 6.07) is 0.494. The van der Waals surface area contributed by atoms with E-state index in [1.807, 2.05) is 4.90 Å². The van der Waals surface area contributed by atoms with Crippen LogP contribution >= 0.6 is 0 Å². The zero-order valence-electron chi connectivity index (χ0n) is 12.4. The summed E-state index contributed by atoms with van der Waals surface area (Å²) in [5, 5.41) is 20.4. The zero-order chi connectivity index (χ0) is 14.3. The Hall–Kier alpha value is -1.14. The van der Waals surface area contributed by atoms with E-state index in [0.717, 1.165) is 19.4 Å². The van der Waals surface area contributed by atoms with E-state index < -0.39 is 0 Å². The summed E-state index contributed by atoms with van der Waals surface area (Å²) in [6.07, 6.45) is 2.13. The highest BCUT2D eigenvalue weighted by molar-refractivity contribution is 5.23. The Balaban J connectivity index is 2.59.